The molecule has 16 heavy (non-hydrogen) atoms. The quantitative estimate of drug-likeness (QED) is 0.533. The first kappa shape index (κ1) is 12.2. The van der Waals surface area contributed by atoms with Gasteiger partial charge in [0.05, 0.1) is 6.61 Å². The van der Waals surface area contributed by atoms with Crippen LogP contribution >= 0.6 is 0 Å². The summed E-state index contributed by atoms with van der Waals surface area (Å²) in [6, 6.07) is 9.42. The van der Waals surface area contributed by atoms with Crippen LogP contribution in [0.3, 0.4) is 0 Å². The summed E-state index contributed by atoms with van der Waals surface area (Å²) in [5.41, 5.74) is 0.954. The zero-order valence-corrected chi connectivity index (χ0v) is 9.18. The van der Waals surface area contributed by atoms with Crippen molar-refractivity contribution in [2.24, 2.45) is 0 Å². The maximum absolute atomic E-state index is 11.2. The van der Waals surface area contributed by atoms with Gasteiger partial charge in [-0.1, -0.05) is 30.3 Å². The van der Waals surface area contributed by atoms with E-state index in [0.29, 0.717) is 13.2 Å². The van der Waals surface area contributed by atoms with Crippen molar-refractivity contribution in [3.63, 3.8) is 0 Å². The van der Waals surface area contributed by atoms with Crippen LogP contribution in [-0.4, -0.2) is 30.4 Å². The van der Waals surface area contributed by atoms with E-state index < -0.39 is 5.97 Å². The molecule has 0 unspecified atom stereocenters. The number of esters is 1. The summed E-state index contributed by atoms with van der Waals surface area (Å²) in [4.78, 5) is 23.1. The van der Waals surface area contributed by atoms with Crippen molar-refractivity contribution in [2.45, 2.75) is 13.5 Å². The van der Waals surface area contributed by atoms with E-state index in [1.165, 1.54) is 4.90 Å². The molecule has 1 radical (unpaired) electrons. The second-order valence-corrected chi connectivity index (χ2v) is 3.24. The number of carbonyl (C=O) groups is 1. The van der Waals surface area contributed by atoms with Crippen LogP contribution in [-0.2, 0) is 20.9 Å². The van der Waals surface area contributed by atoms with Gasteiger partial charge in [-0.2, -0.15) is 0 Å². The summed E-state index contributed by atoms with van der Waals surface area (Å²) in [7, 11) is 0. The van der Waals surface area contributed by atoms with Gasteiger partial charge in [0, 0.05) is 6.54 Å². The lowest BCUT2D eigenvalue weighted by Gasteiger charge is -2.14. The van der Waals surface area contributed by atoms with E-state index in [0.717, 1.165) is 5.56 Å². The molecule has 0 heterocycles. The average molecular weight is 220 g/mol. The Morgan fingerprint density at radius 1 is 1.38 bits per heavy atom. The Morgan fingerprint density at radius 3 is 2.62 bits per heavy atom. The van der Waals surface area contributed by atoms with Crippen LogP contribution in [0.4, 0.5) is 0 Å². The number of rotatable bonds is 6. The third-order valence-electron chi connectivity index (χ3n) is 1.97. The fourth-order valence-corrected chi connectivity index (χ4v) is 1.29. The number of hydrogen-bond acceptors (Lipinski definition) is 3. The van der Waals surface area contributed by atoms with E-state index in [2.05, 4.69) is 0 Å². The molecule has 1 amide bonds. The first-order chi connectivity index (χ1) is 7.76. The Bertz CT molecular complexity index is 337. The van der Waals surface area contributed by atoms with Crippen LogP contribution in [0.2, 0.25) is 0 Å². The minimum atomic E-state index is -0.415. The molecule has 0 spiro atoms. The summed E-state index contributed by atoms with van der Waals surface area (Å²) in [5.74, 6) is -0.415. The number of hydrogen-bond donors (Lipinski definition) is 0. The molecule has 0 atom stereocenters. The van der Waals surface area contributed by atoms with Crippen LogP contribution in [0.5, 0.6) is 0 Å². The number of benzene rings is 1. The molecule has 0 saturated carbocycles. The van der Waals surface area contributed by atoms with E-state index >= 15 is 0 Å². The summed E-state index contributed by atoms with van der Waals surface area (Å²) in [6.45, 7) is 2.34. The van der Waals surface area contributed by atoms with Crippen molar-refractivity contribution in [3.05, 3.63) is 35.9 Å². The zero-order chi connectivity index (χ0) is 11.8. The molecular weight excluding hydrogens is 206 g/mol. The standard InChI is InChI=1S/C12H14NO3/c1-2-16-12(15)9-13(10-14)8-11-6-4-3-5-7-11/h3-7H,2,8-9H2,1H3. The molecule has 1 rings (SSSR count). The van der Waals surface area contributed by atoms with Gasteiger partial charge in [-0.05, 0) is 12.5 Å². The number of amides is 1. The molecular formula is C12H14NO3. The lowest BCUT2D eigenvalue weighted by molar-refractivity contribution is -0.143. The van der Waals surface area contributed by atoms with Crippen LogP contribution in [0, 0.1) is 0 Å². The molecule has 4 nitrogen and oxygen atoms in total. The van der Waals surface area contributed by atoms with Crippen LogP contribution in [0.1, 0.15) is 12.5 Å². The first-order valence-corrected chi connectivity index (χ1v) is 5.08. The topological polar surface area (TPSA) is 46.6 Å². The van der Waals surface area contributed by atoms with Gasteiger partial charge >= 0.3 is 12.4 Å². The molecule has 1 aromatic rings. The molecule has 4 heteroatoms. The van der Waals surface area contributed by atoms with Gasteiger partial charge in [0.1, 0.15) is 6.54 Å². The Morgan fingerprint density at radius 2 is 2.06 bits per heavy atom. The number of nitrogens with zero attached hydrogens (tertiary/aromatic N) is 1. The van der Waals surface area contributed by atoms with Gasteiger partial charge in [0.15, 0.2) is 0 Å². The highest BCUT2D eigenvalue weighted by Gasteiger charge is 2.10. The zero-order valence-electron chi connectivity index (χ0n) is 9.18. The normalized spacial score (nSPS) is 9.56. The minimum Gasteiger partial charge on any atom is -0.465 e. The number of ether oxygens (including phenoxy) is 1. The fourth-order valence-electron chi connectivity index (χ4n) is 1.29. The van der Waals surface area contributed by atoms with Crippen molar-refractivity contribution in [1.82, 2.24) is 4.90 Å². The SMILES string of the molecule is CCOC(=O)CN([C]=O)Cc1ccccc1. The van der Waals surface area contributed by atoms with Gasteiger partial charge in [-0.15, -0.1) is 0 Å². The fraction of sp³-hybridized carbons (Fsp3) is 0.333. The van der Waals surface area contributed by atoms with E-state index in [-0.39, 0.29) is 6.54 Å². The summed E-state index contributed by atoms with van der Waals surface area (Å²) in [6.07, 6.45) is 1.72. The molecule has 0 aliphatic heterocycles. The third kappa shape index (κ3) is 4.13. The average Bonchev–Trinajstić information content (AvgIpc) is 2.30. The predicted octanol–water partition coefficient (Wildman–Crippen LogP) is 1.12. The summed E-state index contributed by atoms with van der Waals surface area (Å²) < 4.78 is 4.75. The molecule has 0 aliphatic carbocycles. The van der Waals surface area contributed by atoms with Gasteiger partial charge in [0.25, 0.3) is 0 Å². The van der Waals surface area contributed by atoms with Gasteiger partial charge in [0.2, 0.25) is 0 Å². The first-order valence-electron chi connectivity index (χ1n) is 5.08. The lowest BCUT2D eigenvalue weighted by Crippen LogP contribution is -2.29. The molecule has 0 fully saturated rings. The Hall–Kier alpha value is -1.84. The van der Waals surface area contributed by atoms with Crippen molar-refractivity contribution in [1.29, 1.82) is 0 Å². The smallest absolute Gasteiger partial charge is 0.325 e. The molecule has 0 aromatic heterocycles. The molecule has 1 aromatic carbocycles. The Kier molecular flexibility index (Phi) is 5.05. The van der Waals surface area contributed by atoms with Gasteiger partial charge < -0.3 is 9.64 Å². The molecule has 0 N–H and O–H groups in total. The second-order valence-electron chi connectivity index (χ2n) is 3.24. The number of carbonyl (C=O) groups excluding carboxylic acids is 2. The van der Waals surface area contributed by atoms with Crippen molar-refractivity contribution in [2.75, 3.05) is 13.2 Å². The summed E-state index contributed by atoms with van der Waals surface area (Å²) in [5, 5.41) is 0. The van der Waals surface area contributed by atoms with Gasteiger partial charge in [-0.25, -0.2) is 0 Å². The monoisotopic (exact) mass is 220 g/mol. The van der Waals surface area contributed by atoms with Crippen molar-refractivity contribution >= 4 is 12.4 Å². The van der Waals surface area contributed by atoms with Crippen molar-refractivity contribution < 1.29 is 14.3 Å². The van der Waals surface area contributed by atoms with E-state index in [1.54, 1.807) is 13.3 Å². The third-order valence-corrected chi connectivity index (χ3v) is 1.97. The van der Waals surface area contributed by atoms with E-state index in [4.69, 9.17) is 4.74 Å². The minimum absolute atomic E-state index is 0.0633. The van der Waals surface area contributed by atoms with Crippen LogP contribution < -0.4 is 0 Å². The molecule has 85 valence electrons. The molecule has 0 aliphatic rings. The van der Waals surface area contributed by atoms with Crippen LogP contribution in [0.15, 0.2) is 30.3 Å². The predicted molar refractivity (Wildman–Crippen MR) is 59.2 cm³/mol. The second kappa shape index (κ2) is 6.61. The highest BCUT2D eigenvalue weighted by Crippen LogP contribution is 2.02. The molecule has 0 bridgehead atoms. The Balaban J connectivity index is 2.49. The highest BCUT2D eigenvalue weighted by atomic mass is 16.5. The maximum Gasteiger partial charge on any atom is 0.325 e. The van der Waals surface area contributed by atoms with Crippen LogP contribution in [0.25, 0.3) is 0 Å². The highest BCUT2D eigenvalue weighted by molar-refractivity contribution is 5.74. The lowest BCUT2D eigenvalue weighted by atomic mass is 10.2. The van der Waals surface area contributed by atoms with E-state index in [1.807, 2.05) is 30.3 Å². The van der Waals surface area contributed by atoms with Gasteiger partial charge in [-0.3, -0.25) is 9.59 Å². The largest absolute Gasteiger partial charge is 0.465 e. The maximum atomic E-state index is 11.2. The van der Waals surface area contributed by atoms with E-state index in [9.17, 15) is 9.59 Å². The molecule has 0 saturated heterocycles. The summed E-state index contributed by atoms with van der Waals surface area (Å²) >= 11 is 0. The Labute approximate surface area is 94.8 Å². The van der Waals surface area contributed by atoms with Crippen molar-refractivity contribution in [3.8, 4) is 0 Å².